The molecule has 2 N–H and O–H groups in total. The van der Waals surface area contributed by atoms with Gasteiger partial charge in [0.1, 0.15) is 11.4 Å². The summed E-state index contributed by atoms with van der Waals surface area (Å²) in [5, 5.41) is 3.34. The summed E-state index contributed by atoms with van der Waals surface area (Å²) in [6.45, 7) is 0.624. The quantitative estimate of drug-likeness (QED) is 0.746. The van der Waals surface area contributed by atoms with Crippen LogP contribution in [0, 0.1) is 0 Å². The van der Waals surface area contributed by atoms with Crippen molar-refractivity contribution in [1.29, 1.82) is 0 Å². The van der Waals surface area contributed by atoms with Crippen molar-refractivity contribution in [1.82, 2.24) is 20.3 Å². The van der Waals surface area contributed by atoms with Crippen molar-refractivity contribution in [2.24, 2.45) is 0 Å². The van der Waals surface area contributed by atoms with Crippen LogP contribution >= 0.6 is 0 Å². The summed E-state index contributed by atoms with van der Waals surface area (Å²) in [6.07, 6.45) is 4.37. The second-order valence-corrected chi connectivity index (χ2v) is 5.87. The van der Waals surface area contributed by atoms with Crippen LogP contribution in [0.2, 0.25) is 0 Å². The summed E-state index contributed by atoms with van der Waals surface area (Å²) in [4.78, 5) is 35.2. The average molecular weight is 336 g/mol. The summed E-state index contributed by atoms with van der Waals surface area (Å²) >= 11 is 0. The molecular formula is C18H16N4O3. The van der Waals surface area contributed by atoms with Gasteiger partial charge >= 0.3 is 0 Å². The van der Waals surface area contributed by atoms with Crippen LogP contribution in [0.25, 0.3) is 10.9 Å². The lowest BCUT2D eigenvalue weighted by Crippen LogP contribution is -2.29. The van der Waals surface area contributed by atoms with E-state index in [4.69, 9.17) is 4.74 Å². The fourth-order valence-corrected chi connectivity index (χ4v) is 3.00. The van der Waals surface area contributed by atoms with Gasteiger partial charge in [0.05, 0.1) is 36.1 Å². The molecule has 1 aliphatic heterocycles. The van der Waals surface area contributed by atoms with Crippen LogP contribution in [0.1, 0.15) is 34.9 Å². The third-order valence-electron chi connectivity index (χ3n) is 4.25. The number of fused-ring (bicyclic) bond motifs is 2. The number of aromatic nitrogens is 3. The molecule has 2 aromatic heterocycles. The van der Waals surface area contributed by atoms with E-state index in [1.54, 1.807) is 0 Å². The third kappa shape index (κ3) is 2.96. The van der Waals surface area contributed by atoms with Crippen molar-refractivity contribution in [3.05, 3.63) is 64.5 Å². The van der Waals surface area contributed by atoms with E-state index >= 15 is 0 Å². The van der Waals surface area contributed by atoms with Gasteiger partial charge in [0.15, 0.2) is 0 Å². The number of rotatable bonds is 2. The molecule has 1 atom stereocenters. The number of carbonyl (C=O) groups is 1. The lowest BCUT2D eigenvalue weighted by molar-refractivity contribution is 0.0930. The number of ether oxygens (including phenoxy) is 1. The van der Waals surface area contributed by atoms with E-state index in [1.165, 1.54) is 18.6 Å². The standard InChI is InChI=1S/C18H16N4O3/c23-17-12-8-14(19-9-15(12)20-10-21-17)18(24)22-13-5-3-7-25-16-6-2-1-4-11(13)16/h1-2,4,6,8-10,13H,3,5,7H2,(H,22,24)(H,20,21,23). The Bertz CT molecular complexity index is 999. The summed E-state index contributed by atoms with van der Waals surface area (Å²) in [6, 6.07) is 9.00. The highest BCUT2D eigenvalue weighted by molar-refractivity contribution is 5.95. The van der Waals surface area contributed by atoms with Crippen molar-refractivity contribution < 1.29 is 9.53 Å². The van der Waals surface area contributed by atoms with Gasteiger partial charge in [-0.25, -0.2) is 9.97 Å². The van der Waals surface area contributed by atoms with Crippen molar-refractivity contribution in [3.8, 4) is 5.75 Å². The molecule has 3 heterocycles. The maximum absolute atomic E-state index is 12.6. The highest BCUT2D eigenvalue weighted by atomic mass is 16.5. The number of hydrogen-bond donors (Lipinski definition) is 2. The first-order chi connectivity index (χ1) is 12.2. The van der Waals surface area contributed by atoms with Crippen LogP contribution in [0.4, 0.5) is 0 Å². The zero-order chi connectivity index (χ0) is 17.2. The van der Waals surface area contributed by atoms with Gasteiger partial charge in [-0.3, -0.25) is 9.59 Å². The fraction of sp³-hybridized carbons (Fsp3) is 0.222. The molecule has 1 aliphatic rings. The highest BCUT2D eigenvalue weighted by Crippen LogP contribution is 2.31. The Labute approximate surface area is 143 Å². The smallest absolute Gasteiger partial charge is 0.270 e. The minimum atomic E-state index is -0.327. The average Bonchev–Trinajstić information content (AvgIpc) is 2.84. The van der Waals surface area contributed by atoms with Gasteiger partial charge in [0.2, 0.25) is 0 Å². The van der Waals surface area contributed by atoms with Crippen LogP contribution in [0.15, 0.2) is 47.7 Å². The molecule has 0 bridgehead atoms. The van der Waals surface area contributed by atoms with Crippen LogP contribution < -0.4 is 15.6 Å². The number of nitrogens with zero attached hydrogens (tertiary/aromatic N) is 2. The number of carbonyl (C=O) groups excluding carboxylic acids is 1. The summed E-state index contributed by atoms with van der Waals surface area (Å²) in [5.41, 5.74) is 1.30. The molecule has 25 heavy (non-hydrogen) atoms. The number of benzene rings is 1. The molecule has 0 spiro atoms. The molecule has 0 radical (unpaired) electrons. The normalized spacial score (nSPS) is 16.6. The van der Waals surface area contributed by atoms with Crippen LogP contribution in [-0.2, 0) is 0 Å². The summed E-state index contributed by atoms with van der Waals surface area (Å²) < 4.78 is 5.72. The lowest BCUT2D eigenvalue weighted by atomic mass is 10.0. The van der Waals surface area contributed by atoms with Crippen molar-refractivity contribution in [2.45, 2.75) is 18.9 Å². The first-order valence-electron chi connectivity index (χ1n) is 8.08. The monoisotopic (exact) mass is 336 g/mol. The molecule has 7 nitrogen and oxygen atoms in total. The molecule has 1 amide bonds. The number of hydrogen-bond acceptors (Lipinski definition) is 5. The maximum atomic E-state index is 12.6. The van der Waals surface area contributed by atoms with Gasteiger partial charge < -0.3 is 15.0 Å². The van der Waals surface area contributed by atoms with Gasteiger partial charge in [-0.05, 0) is 25.0 Å². The Hall–Kier alpha value is -3.22. The number of nitrogens with one attached hydrogen (secondary N) is 2. The van der Waals surface area contributed by atoms with E-state index in [2.05, 4.69) is 20.3 Å². The van der Waals surface area contributed by atoms with Gasteiger partial charge in [-0.2, -0.15) is 0 Å². The van der Waals surface area contributed by atoms with Gasteiger partial charge in [-0.1, -0.05) is 18.2 Å². The fourth-order valence-electron chi connectivity index (χ4n) is 3.00. The second-order valence-electron chi connectivity index (χ2n) is 5.87. The Balaban J connectivity index is 1.64. The number of amides is 1. The highest BCUT2D eigenvalue weighted by Gasteiger charge is 2.22. The Morgan fingerprint density at radius 1 is 1.28 bits per heavy atom. The zero-order valence-electron chi connectivity index (χ0n) is 13.4. The Morgan fingerprint density at radius 2 is 2.16 bits per heavy atom. The number of H-pyrrole nitrogens is 1. The predicted octanol–water partition coefficient (Wildman–Crippen LogP) is 1.96. The number of pyridine rings is 1. The SMILES string of the molecule is O=C(NC1CCCOc2ccccc21)c1cc2c(=O)[nH]cnc2cn1. The van der Waals surface area contributed by atoms with E-state index in [-0.39, 0.29) is 23.2 Å². The molecule has 7 heteroatoms. The van der Waals surface area contributed by atoms with E-state index in [1.807, 2.05) is 24.3 Å². The predicted molar refractivity (Wildman–Crippen MR) is 91.5 cm³/mol. The first-order valence-corrected chi connectivity index (χ1v) is 8.08. The van der Waals surface area contributed by atoms with Crippen LogP contribution in [0.5, 0.6) is 5.75 Å². The van der Waals surface area contributed by atoms with Gasteiger partial charge in [-0.15, -0.1) is 0 Å². The molecule has 0 aliphatic carbocycles. The number of para-hydroxylation sites is 1. The lowest BCUT2D eigenvalue weighted by Gasteiger charge is -2.18. The molecule has 3 aromatic rings. The Kier molecular flexibility index (Phi) is 3.89. The molecule has 126 valence electrons. The summed E-state index contributed by atoms with van der Waals surface area (Å²) in [7, 11) is 0. The maximum Gasteiger partial charge on any atom is 0.270 e. The molecule has 0 saturated heterocycles. The van der Waals surface area contributed by atoms with E-state index in [0.717, 1.165) is 24.2 Å². The molecule has 1 unspecified atom stereocenters. The van der Waals surface area contributed by atoms with Crippen molar-refractivity contribution >= 4 is 16.8 Å². The second kappa shape index (κ2) is 6.35. The topological polar surface area (TPSA) is 97.0 Å². The Morgan fingerprint density at radius 3 is 3.08 bits per heavy atom. The third-order valence-corrected chi connectivity index (χ3v) is 4.25. The van der Waals surface area contributed by atoms with E-state index in [0.29, 0.717) is 17.5 Å². The number of aromatic amines is 1. The van der Waals surface area contributed by atoms with Crippen LogP contribution in [-0.4, -0.2) is 27.5 Å². The molecule has 0 saturated carbocycles. The van der Waals surface area contributed by atoms with Crippen molar-refractivity contribution in [2.75, 3.05) is 6.61 Å². The molecule has 4 rings (SSSR count). The first kappa shape index (κ1) is 15.3. The largest absolute Gasteiger partial charge is 0.493 e. The van der Waals surface area contributed by atoms with E-state index in [9.17, 15) is 9.59 Å². The summed E-state index contributed by atoms with van der Waals surface area (Å²) in [5.74, 6) is 0.462. The van der Waals surface area contributed by atoms with E-state index < -0.39 is 0 Å². The van der Waals surface area contributed by atoms with Gasteiger partial charge in [0, 0.05) is 5.56 Å². The minimum Gasteiger partial charge on any atom is -0.493 e. The van der Waals surface area contributed by atoms with Crippen LogP contribution in [0.3, 0.4) is 0 Å². The molecule has 0 fully saturated rings. The van der Waals surface area contributed by atoms with Crippen molar-refractivity contribution in [3.63, 3.8) is 0 Å². The zero-order valence-corrected chi connectivity index (χ0v) is 13.4. The molecular weight excluding hydrogens is 320 g/mol. The van der Waals surface area contributed by atoms with Gasteiger partial charge in [0.25, 0.3) is 11.5 Å². The molecule has 1 aromatic carbocycles. The minimum absolute atomic E-state index is 0.157.